The normalized spacial score (nSPS) is 10.8. The van der Waals surface area contributed by atoms with Crippen molar-refractivity contribution < 1.29 is 10.2 Å². The fourth-order valence-corrected chi connectivity index (χ4v) is 3.49. The molecule has 0 unspecified atom stereocenters. The molecule has 0 heterocycles. The van der Waals surface area contributed by atoms with Crippen LogP contribution in [-0.4, -0.2) is 10.2 Å². The highest BCUT2D eigenvalue weighted by molar-refractivity contribution is 5.80. The average Bonchev–Trinajstić information content (AvgIpc) is 2.70. The summed E-state index contributed by atoms with van der Waals surface area (Å²) in [7, 11) is 0. The molecule has 0 fully saturated rings. The molecule has 0 aliphatic rings. The lowest BCUT2D eigenvalue weighted by Gasteiger charge is -2.14. The molecule has 0 spiro atoms. The molecule has 2 N–H and O–H groups in total. The van der Waals surface area contributed by atoms with E-state index in [4.69, 9.17) is 0 Å². The maximum absolute atomic E-state index is 9.56. The molecule has 2 heteroatoms. The Morgan fingerprint density at radius 3 is 1.11 bits per heavy atom. The summed E-state index contributed by atoms with van der Waals surface area (Å²) in [5.41, 5.74) is 9.22. The predicted octanol–water partition coefficient (Wildman–Crippen LogP) is 6.72. The van der Waals surface area contributed by atoms with Crippen LogP contribution >= 0.6 is 0 Å². The third-order valence-electron chi connectivity index (χ3n) is 5.17. The summed E-state index contributed by atoms with van der Waals surface area (Å²) in [6.07, 6.45) is 0. The number of aromatic hydroxyl groups is 2. The van der Waals surface area contributed by atoms with E-state index in [1.165, 1.54) is 22.3 Å². The summed E-state index contributed by atoms with van der Waals surface area (Å²) < 4.78 is 0. The monoisotopic (exact) mass is 366 g/mol. The largest absolute Gasteiger partial charge is 0.508 e. The van der Waals surface area contributed by atoms with Gasteiger partial charge in [-0.15, -0.1) is 0 Å². The first kappa shape index (κ1) is 17.9. The molecule has 0 bridgehead atoms. The van der Waals surface area contributed by atoms with Crippen LogP contribution in [0, 0.1) is 13.8 Å². The van der Waals surface area contributed by atoms with Crippen LogP contribution in [0.25, 0.3) is 33.4 Å². The van der Waals surface area contributed by atoms with Gasteiger partial charge in [-0.05, 0) is 94.8 Å². The Bertz CT molecular complexity index is 1030. The Labute approximate surface area is 165 Å². The third kappa shape index (κ3) is 3.49. The van der Waals surface area contributed by atoms with Crippen molar-refractivity contribution in [3.8, 4) is 44.9 Å². The lowest BCUT2D eigenvalue weighted by molar-refractivity contribution is 0.475. The molecule has 0 saturated heterocycles. The molecule has 0 radical (unpaired) electrons. The first-order valence-corrected chi connectivity index (χ1v) is 9.32. The summed E-state index contributed by atoms with van der Waals surface area (Å²) in [5, 5.41) is 19.1. The Balaban J connectivity index is 1.82. The maximum atomic E-state index is 9.56. The van der Waals surface area contributed by atoms with Crippen molar-refractivity contribution in [3.63, 3.8) is 0 Å². The molecule has 0 aromatic heterocycles. The van der Waals surface area contributed by atoms with Gasteiger partial charge in [-0.25, -0.2) is 0 Å². The summed E-state index contributed by atoms with van der Waals surface area (Å²) in [4.78, 5) is 0. The molecule has 0 atom stereocenters. The van der Waals surface area contributed by atoms with E-state index in [1.807, 2.05) is 24.3 Å². The topological polar surface area (TPSA) is 40.5 Å². The highest BCUT2D eigenvalue weighted by Crippen LogP contribution is 2.34. The Kier molecular flexibility index (Phi) is 4.62. The van der Waals surface area contributed by atoms with Crippen LogP contribution in [0.15, 0.2) is 84.9 Å². The summed E-state index contributed by atoms with van der Waals surface area (Å²) in [6.45, 7) is 4.26. The fraction of sp³-hybridized carbons (Fsp3) is 0.0769. The fourth-order valence-electron chi connectivity index (χ4n) is 3.49. The van der Waals surface area contributed by atoms with E-state index in [2.05, 4.69) is 50.2 Å². The molecule has 28 heavy (non-hydrogen) atoms. The van der Waals surface area contributed by atoms with E-state index in [9.17, 15) is 10.2 Å². The van der Waals surface area contributed by atoms with Gasteiger partial charge in [0.2, 0.25) is 0 Å². The first-order chi connectivity index (χ1) is 13.5. The summed E-state index contributed by atoms with van der Waals surface area (Å²) in [6, 6.07) is 27.5. The van der Waals surface area contributed by atoms with Crippen LogP contribution in [-0.2, 0) is 0 Å². The number of phenolic OH excluding ortho intramolecular Hbond substituents is 2. The predicted molar refractivity (Wildman–Crippen MR) is 116 cm³/mol. The number of phenols is 2. The van der Waals surface area contributed by atoms with Crippen LogP contribution in [0.5, 0.6) is 11.5 Å². The smallest absolute Gasteiger partial charge is 0.115 e. The van der Waals surface area contributed by atoms with E-state index < -0.39 is 0 Å². The van der Waals surface area contributed by atoms with Crippen LogP contribution in [0.4, 0.5) is 0 Å². The van der Waals surface area contributed by atoms with Gasteiger partial charge in [0.15, 0.2) is 0 Å². The lowest BCUT2D eigenvalue weighted by Crippen LogP contribution is -1.90. The van der Waals surface area contributed by atoms with Crippen molar-refractivity contribution in [2.45, 2.75) is 13.8 Å². The number of hydrogen-bond donors (Lipinski definition) is 2. The van der Waals surface area contributed by atoms with E-state index in [0.29, 0.717) is 0 Å². The van der Waals surface area contributed by atoms with E-state index in [0.717, 1.165) is 22.3 Å². The Morgan fingerprint density at radius 2 is 0.750 bits per heavy atom. The van der Waals surface area contributed by atoms with Gasteiger partial charge in [-0.1, -0.05) is 48.5 Å². The second-order valence-corrected chi connectivity index (χ2v) is 7.15. The zero-order valence-electron chi connectivity index (χ0n) is 16.0. The summed E-state index contributed by atoms with van der Waals surface area (Å²) in [5.74, 6) is 0.544. The maximum Gasteiger partial charge on any atom is 0.115 e. The van der Waals surface area contributed by atoms with Gasteiger partial charge in [-0.2, -0.15) is 0 Å². The number of hydrogen-bond acceptors (Lipinski definition) is 2. The van der Waals surface area contributed by atoms with Gasteiger partial charge >= 0.3 is 0 Å². The zero-order chi connectivity index (χ0) is 19.7. The molecular formula is C26H22O2. The second-order valence-electron chi connectivity index (χ2n) is 7.15. The number of rotatable bonds is 3. The molecule has 4 aromatic rings. The van der Waals surface area contributed by atoms with Crippen molar-refractivity contribution >= 4 is 0 Å². The molecular weight excluding hydrogens is 344 g/mol. The summed E-state index contributed by atoms with van der Waals surface area (Å²) >= 11 is 0. The lowest BCUT2D eigenvalue weighted by atomic mass is 9.90. The molecule has 0 aliphatic heterocycles. The van der Waals surface area contributed by atoms with E-state index >= 15 is 0 Å². The molecule has 138 valence electrons. The quantitative estimate of drug-likeness (QED) is 0.423. The minimum Gasteiger partial charge on any atom is -0.508 e. The van der Waals surface area contributed by atoms with Crippen molar-refractivity contribution in [2.24, 2.45) is 0 Å². The highest BCUT2D eigenvalue weighted by atomic mass is 16.3. The van der Waals surface area contributed by atoms with Crippen LogP contribution < -0.4 is 0 Å². The average molecular weight is 366 g/mol. The van der Waals surface area contributed by atoms with E-state index in [-0.39, 0.29) is 11.5 Å². The molecule has 0 saturated carbocycles. The van der Waals surface area contributed by atoms with Gasteiger partial charge < -0.3 is 10.2 Å². The molecule has 0 amide bonds. The van der Waals surface area contributed by atoms with Gasteiger partial charge in [0.25, 0.3) is 0 Å². The van der Waals surface area contributed by atoms with Crippen molar-refractivity contribution in [2.75, 3.05) is 0 Å². The minimum atomic E-state index is 0.272. The third-order valence-corrected chi connectivity index (χ3v) is 5.17. The number of aryl methyl sites for hydroxylation is 2. The van der Waals surface area contributed by atoms with Crippen molar-refractivity contribution in [1.82, 2.24) is 0 Å². The molecule has 2 nitrogen and oxygen atoms in total. The van der Waals surface area contributed by atoms with Gasteiger partial charge in [0.1, 0.15) is 11.5 Å². The van der Waals surface area contributed by atoms with E-state index in [1.54, 1.807) is 24.3 Å². The first-order valence-electron chi connectivity index (χ1n) is 9.32. The van der Waals surface area contributed by atoms with Crippen LogP contribution in [0.2, 0.25) is 0 Å². The molecule has 0 aliphatic carbocycles. The van der Waals surface area contributed by atoms with Crippen LogP contribution in [0.3, 0.4) is 0 Å². The Hall–Kier alpha value is -3.52. The highest BCUT2D eigenvalue weighted by Gasteiger charge is 2.10. The van der Waals surface area contributed by atoms with Gasteiger partial charge in [0, 0.05) is 0 Å². The number of benzene rings is 4. The van der Waals surface area contributed by atoms with Crippen molar-refractivity contribution in [3.05, 3.63) is 96.1 Å². The van der Waals surface area contributed by atoms with Gasteiger partial charge in [-0.3, -0.25) is 0 Å². The van der Waals surface area contributed by atoms with Gasteiger partial charge in [0.05, 0.1) is 0 Å². The second kappa shape index (κ2) is 7.24. The SMILES string of the molecule is Cc1ccc(-c2ccc(O)cc2)cc1-c1cc(-c2ccc(O)cc2)ccc1C. The Morgan fingerprint density at radius 1 is 0.429 bits per heavy atom. The minimum absolute atomic E-state index is 0.272. The molecule has 4 rings (SSSR count). The van der Waals surface area contributed by atoms with Crippen LogP contribution in [0.1, 0.15) is 11.1 Å². The standard InChI is InChI=1S/C26H22O2/c1-17-3-5-21(19-7-11-23(27)12-8-19)15-25(17)26-16-22(6-4-18(26)2)20-9-13-24(28)14-10-20/h3-16,27-28H,1-2H3. The van der Waals surface area contributed by atoms with Crippen molar-refractivity contribution in [1.29, 1.82) is 0 Å². The zero-order valence-corrected chi connectivity index (χ0v) is 16.0. The molecule has 4 aromatic carbocycles.